The van der Waals surface area contributed by atoms with Crippen LogP contribution in [-0.4, -0.2) is 31.6 Å². The first-order valence-electron chi connectivity index (χ1n) is 7.31. The van der Waals surface area contributed by atoms with Gasteiger partial charge in [-0.2, -0.15) is 0 Å². The zero-order chi connectivity index (χ0) is 17.2. The third kappa shape index (κ3) is 7.85. The summed E-state index contributed by atoms with van der Waals surface area (Å²) in [6, 6.07) is 5.92. The maximum Gasteiger partial charge on any atom is 0.325 e. The van der Waals surface area contributed by atoms with Gasteiger partial charge in [-0.3, -0.25) is 14.9 Å². The maximum atomic E-state index is 11.6. The minimum absolute atomic E-state index is 0.253. The molecule has 3 amide bonds. The van der Waals surface area contributed by atoms with Crippen LogP contribution >= 0.6 is 0 Å². The summed E-state index contributed by atoms with van der Waals surface area (Å²) in [5, 5.41) is 4.56. The van der Waals surface area contributed by atoms with Gasteiger partial charge in [-0.25, -0.2) is 4.79 Å². The SMILES string of the molecule is COc1ccc(NC(=O)NC(=O)COC(=O)CCC(C)C)cc1. The van der Waals surface area contributed by atoms with Gasteiger partial charge in [0.1, 0.15) is 5.75 Å². The van der Waals surface area contributed by atoms with Gasteiger partial charge in [0.15, 0.2) is 6.61 Å². The van der Waals surface area contributed by atoms with E-state index in [1.165, 1.54) is 7.11 Å². The molecule has 0 heterocycles. The lowest BCUT2D eigenvalue weighted by atomic mass is 10.1. The van der Waals surface area contributed by atoms with Crippen molar-refractivity contribution in [1.82, 2.24) is 5.32 Å². The second kappa shape index (κ2) is 9.45. The number of carbonyl (C=O) groups excluding carboxylic acids is 3. The quantitative estimate of drug-likeness (QED) is 0.751. The summed E-state index contributed by atoms with van der Waals surface area (Å²) in [4.78, 5) is 34.5. The fourth-order valence-electron chi connectivity index (χ4n) is 1.62. The van der Waals surface area contributed by atoms with E-state index in [1.54, 1.807) is 24.3 Å². The van der Waals surface area contributed by atoms with Crippen LogP contribution in [0.15, 0.2) is 24.3 Å². The number of hydrogen-bond donors (Lipinski definition) is 2. The third-order valence-corrected chi connectivity index (χ3v) is 2.89. The van der Waals surface area contributed by atoms with Gasteiger partial charge >= 0.3 is 12.0 Å². The molecule has 2 N–H and O–H groups in total. The van der Waals surface area contributed by atoms with Crippen molar-refractivity contribution in [3.63, 3.8) is 0 Å². The number of benzene rings is 1. The van der Waals surface area contributed by atoms with Crippen LogP contribution in [0.4, 0.5) is 10.5 Å². The Balaban J connectivity index is 2.30. The standard InChI is InChI=1S/C16H22N2O5/c1-11(2)4-9-15(20)23-10-14(19)18-16(21)17-12-5-7-13(22-3)8-6-12/h5-8,11H,4,9-10H2,1-3H3,(H2,17,18,19,21). The minimum atomic E-state index is -0.696. The molecule has 0 aliphatic heterocycles. The molecular formula is C16H22N2O5. The summed E-state index contributed by atoms with van der Waals surface area (Å²) in [5.74, 6) is -0.106. The molecule has 0 unspecified atom stereocenters. The largest absolute Gasteiger partial charge is 0.497 e. The Bertz CT molecular complexity index is 540. The predicted octanol–water partition coefficient (Wildman–Crippen LogP) is 2.32. The Morgan fingerprint density at radius 3 is 2.35 bits per heavy atom. The average molecular weight is 322 g/mol. The number of imide groups is 1. The number of methoxy groups -OCH3 is 1. The lowest BCUT2D eigenvalue weighted by Crippen LogP contribution is -2.37. The lowest BCUT2D eigenvalue weighted by molar-refractivity contribution is -0.148. The molecule has 1 aromatic carbocycles. The smallest absolute Gasteiger partial charge is 0.325 e. The zero-order valence-electron chi connectivity index (χ0n) is 13.5. The summed E-state index contributed by atoms with van der Waals surface area (Å²) in [6.07, 6.45) is 0.946. The molecule has 0 aliphatic rings. The van der Waals surface area contributed by atoms with Gasteiger partial charge in [-0.1, -0.05) is 13.8 Å². The average Bonchev–Trinajstić information content (AvgIpc) is 2.51. The van der Waals surface area contributed by atoms with E-state index >= 15 is 0 Å². The molecule has 0 saturated carbocycles. The van der Waals surface area contributed by atoms with Crippen LogP contribution in [0, 0.1) is 5.92 Å². The van der Waals surface area contributed by atoms with E-state index in [4.69, 9.17) is 9.47 Å². The van der Waals surface area contributed by atoms with Crippen LogP contribution in [0.5, 0.6) is 5.75 Å². The van der Waals surface area contributed by atoms with Crippen molar-refractivity contribution >= 4 is 23.6 Å². The van der Waals surface area contributed by atoms with Gasteiger partial charge in [-0.05, 0) is 36.6 Å². The van der Waals surface area contributed by atoms with Crippen LogP contribution in [0.25, 0.3) is 0 Å². The molecular weight excluding hydrogens is 300 g/mol. The van der Waals surface area contributed by atoms with Crippen LogP contribution < -0.4 is 15.4 Å². The number of rotatable bonds is 7. The van der Waals surface area contributed by atoms with Crippen molar-refractivity contribution in [1.29, 1.82) is 0 Å². The second-order valence-electron chi connectivity index (χ2n) is 5.32. The summed E-state index contributed by atoms with van der Waals surface area (Å²) in [5.41, 5.74) is 0.505. The van der Waals surface area contributed by atoms with E-state index in [1.807, 2.05) is 13.8 Å². The summed E-state index contributed by atoms with van der Waals surface area (Å²) < 4.78 is 9.78. The van der Waals surface area contributed by atoms with E-state index < -0.39 is 24.5 Å². The van der Waals surface area contributed by atoms with E-state index in [2.05, 4.69) is 10.6 Å². The first-order valence-corrected chi connectivity index (χ1v) is 7.31. The van der Waals surface area contributed by atoms with Crippen molar-refractivity contribution in [2.45, 2.75) is 26.7 Å². The van der Waals surface area contributed by atoms with Crippen LogP contribution in [0.3, 0.4) is 0 Å². The Labute approximate surface area is 135 Å². The normalized spacial score (nSPS) is 10.1. The number of ether oxygens (including phenoxy) is 2. The molecule has 1 rings (SSSR count). The van der Waals surface area contributed by atoms with E-state index in [9.17, 15) is 14.4 Å². The topological polar surface area (TPSA) is 93.7 Å². The van der Waals surface area contributed by atoms with Gasteiger partial charge in [-0.15, -0.1) is 0 Å². The molecule has 7 heteroatoms. The molecule has 0 aliphatic carbocycles. The number of anilines is 1. The number of nitrogens with one attached hydrogen (secondary N) is 2. The van der Waals surface area contributed by atoms with E-state index in [-0.39, 0.29) is 6.42 Å². The molecule has 0 fully saturated rings. The van der Waals surface area contributed by atoms with Crippen molar-refractivity contribution in [2.75, 3.05) is 19.0 Å². The molecule has 23 heavy (non-hydrogen) atoms. The lowest BCUT2D eigenvalue weighted by Gasteiger charge is -2.08. The highest BCUT2D eigenvalue weighted by Crippen LogP contribution is 2.14. The van der Waals surface area contributed by atoms with E-state index in [0.29, 0.717) is 23.8 Å². The molecule has 0 atom stereocenters. The second-order valence-corrected chi connectivity index (χ2v) is 5.32. The van der Waals surface area contributed by atoms with Gasteiger partial charge in [0.05, 0.1) is 7.11 Å². The fourth-order valence-corrected chi connectivity index (χ4v) is 1.62. The molecule has 0 aromatic heterocycles. The first kappa shape index (κ1) is 18.5. The number of amides is 3. The van der Waals surface area contributed by atoms with Gasteiger partial charge in [0.2, 0.25) is 0 Å². The number of esters is 1. The highest BCUT2D eigenvalue weighted by molar-refractivity contribution is 6.01. The Morgan fingerprint density at radius 2 is 1.78 bits per heavy atom. The number of carbonyl (C=O) groups is 3. The number of hydrogen-bond acceptors (Lipinski definition) is 5. The third-order valence-electron chi connectivity index (χ3n) is 2.89. The molecule has 0 bridgehead atoms. The van der Waals surface area contributed by atoms with Crippen molar-refractivity contribution < 1.29 is 23.9 Å². The zero-order valence-corrected chi connectivity index (χ0v) is 13.5. The molecule has 7 nitrogen and oxygen atoms in total. The maximum absolute atomic E-state index is 11.6. The van der Waals surface area contributed by atoms with Crippen LogP contribution in [-0.2, 0) is 14.3 Å². The molecule has 0 radical (unpaired) electrons. The first-order chi connectivity index (χ1) is 10.9. The van der Waals surface area contributed by atoms with Crippen molar-refractivity contribution in [2.24, 2.45) is 5.92 Å². The van der Waals surface area contributed by atoms with Crippen molar-refractivity contribution in [3.8, 4) is 5.75 Å². The predicted molar refractivity (Wildman–Crippen MR) is 85.2 cm³/mol. The van der Waals surface area contributed by atoms with Crippen molar-refractivity contribution in [3.05, 3.63) is 24.3 Å². The monoisotopic (exact) mass is 322 g/mol. The van der Waals surface area contributed by atoms with Crippen LogP contribution in [0.1, 0.15) is 26.7 Å². The van der Waals surface area contributed by atoms with Gasteiger partial charge in [0, 0.05) is 12.1 Å². The highest BCUT2D eigenvalue weighted by Gasteiger charge is 2.11. The Hall–Kier alpha value is -2.57. The van der Waals surface area contributed by atoms with E-state index in [0.717, 1.165) is 0 Å². The number of urea groups is 1. The van der Waals surface area contributed by atoms with Gasteiger partial charge in [0.25, 0.3) is 5.91 Å². The minimum Gasteiger partial charge on any atom is -0.497 e. The molecule has 0 saturated heterocycles. The fraction of sp³-hybridized carbons (Fsp3) is 0.438. The molecule has 0 spiro atoms. The molecule has 126 valence electrons. The summed E-state index contributed by atoms with van der Waals surface area (Å²) in [6.45, 7) is 3.50. The highest BCUT2D eigenvalue weighted by atomic mass is 16.5. The van der Waals surface area contributed by atoms with Crippen LogP contribution in [0.2, 0.25) is 0 Å². The summed E-state index contributed by atoms with van der Waals surface area (Å²) in [7, 11) is 1.54. The Kier molecular flexibility index (Phi) is 7.59. The molecule has 1 aromatic rings. The Morgan fingerprint density at radius 1 is 1.13 bits per heavy atom. The summed E-state index contributed by atoms with van der Waals surface area (Å²) >= 11 is 0. The van der Waals surface area contributed by atoms with Gasteiger partial charge < -0.3 is 14.8 Å².